The van der Waals surface area contributed by atoms with Gasteiger partial charge >= 0.3 is 0 Å². The Morgan fingerprint density at radius 2 is 2.27 bits per heavy atom. The Kier molecular flexibility index (Phi) is 5.78. The number of hydrogen-bond acceptors (Lipinski definition) is 1. The molecule has 0 bridgehead atoms. The number of allylic oxidation sites excluding steroid dienone is 3. The van der Waals surface area contributed by atoms with Gasteiger partial charge in [-0.1, -0.05) is 49.7 Å². The van der Waals surface area contributed by atoms with Crippen molar-refractivity contribution in [3.63, 3.8) is 0 Å². The van der Waals surface area contributed by atoms with Gasteiger partial charge in [-0.3, -0.25) is 0 Å². The van der Waals surface area contributed by atoms with Gasteiger partial charge in [-0.15, -0.1) is 0 Å². The van der Waals surface area contributed by atoms with E-state index in [1.165, 1.54) is 31.2 Å². The Morgan fingerprint density at radius 1 is 1.47 bits per heavy atom. The molecule has 0 amide bonds. The second kappa shape index (κ2) is 6.89. The largest absolute Gasteiger partial charge is 0.384 e. The van der Waals surface area contributed by atoms with Gasteiger partial charge in [-0.2, -0.15) is 0 Å². The molecule has 1 aliphatic carbocycles. The molecule has 15 heavy (non-hydrogen) atoms. The average molecular weight is 206 g/mol. The fraction of sp³-hybridized carbons (Fsp3) is 0.692. The second-order valence-corrected chi connectivity index (χ2v) is 4.42. The van der Waals surface area contributed by atoms with E-state index in [0.717, 1.165) is 19.7 Å². The van der Waals surface area contributed by atoms with Crippen LogP contribution in [0.5, 0.6) is 0 Å². The predicted molar refractivity (Wildman–Crippen MR) is 68.6 cm³/mol. The van der Waals surface area contributed by atoms with Gasteiger partial charge in [0.2, 0.25) is 0 Å². The van der Waals surface area contributed by atoms with Crippen LogP contribution in [0, 0.1) is 0 Å². The van der Waals surface area contributed by atoms with Gasteiger partial charge in [-0.25, -0.2) is 0 Å². The minimum atomic E-state index is 0.756. The smallest absolute Gasteiger partial charge is 0.167 e. The highest BCUT2D eigenvalue weighted by Gasteiger charge is 2.16. The summed E-state index contributed by atoms with van der Waals surface area (Å²) in [7, 11) is 1.78. The van der Waals surface area contributed by atoms with E-state index in [4.69, 9.17) is 4.74 Å². The summed E-state index contributed by atoms with van der Waals surface area (Å²) in [5, 5.41) is 0. The molecule has 1 nitrogen and oxygen atoms in total. The van der Waals surface area contributed by atoms with Crippen molar-refractivity contribution in [2.75, 3.05) is 13.7 Å². The van der Waals surface area contributed by atoms with Crippen molar-refractivity contribution in [1.82, 2.24) is 0 Å². The summed E-state index contributed by atoms with van der Waals surface area (Å²) in [5.74, 6) is 0. The SMILES string of the molecule is CCCB(C)C1=C(CCOC)C=CCC1. The molecule has 0 spiro atoms. The lowest BCUT2D eigenvalue weighted by molar-refractivity contribution is 0.202. The molecule has 0 aromatic carbocycles. The van der Waals surface area contributed by atoms with Gasteiger partial charge in [0.15, 0.2) is 6.71 Å². The van der Waals surface area contributed by atoms with Crippen LogP contribution < -0.4 is 0 Å². The van der Waals surface area contributed by atoms with Gasteiger partial charge in [0.25, 0.3) is 0 Å². The maximum atomic E-state index is 5.16. The molecular formula is C13H23BO. The number of rotatable bonds is 6. The quantitative estimate of drug-likeness (QED) is 0.601. The van der Waals surface area contributed by atoms with Crippen LogP contribution in [0.1, 0.15) is 32.6 Å². The van der Waals surface area contributed by atoms with Crippen molar-refractivity contribution in [3.05, 3.63) is 23.2 Å². The molecule has 2 heteroatoms. The van der Waals surface area contributed by atoms with Crippen LogP contribution in [0.2, 0.25) is 13.1 Å². The van der Waals surface area contributed by atoms with E-state index in [-0.39, 0.29) is 0 Å². The molecule has 0 aliphatic heterocycles. The lowest BCUT2D eigenvalue weighted by Gasteiger charge is -2.20. The first kappa shape index (κ1) is 12.6. The molecule has 0 aromatic heterocycles. The monoisotopic (exact) mass is 206 g/mol. The third kappa shape index (κ3) is 3.87. The van der Waals surface area contributed by atoms with E-state index in [2.05, 4.69) is 25.9 Å². The molecule has 0 fully saturated rings. The minimum absolute atomic E-state index is 0.756. The van der Waals surface area contributed by atoms with Crippen LogP contribution in [-0.4, -0.2) is 20.4 Å². The van der Waals surface area contributed by atoms with Crippen molar-refractivity contribution < 1.29 is 4.74 Å². The van der Waals surface area contributed by atoms with Gasteiger partial charge < -0.3 is 4.74 Å². The number of methoxy groups -OCH3 is 1. The number of ether oxygens (including phenoxy) is 1. The highest BCUT2D eigenvalue weighted by Crippen LogP contribution is 2.25. The summed E-state index contributed by atoms with van der Waals surface area (Å²) in [6.07, 6.45) is 10.8. The summed E-state index contributed by atoms with van der Waals surface area (Å²) < 4.78 is 5.16. The van der Waals surface area contributed by atoms with Crippen LogP contribution in [0.15, 0.2) is 23.2 Å². The summed E-state index contributed by atoms with van der Waals surface area (Å²) in [6, 6.07) is 0. The first-order valence-corrected chi connectivity index (χ1v) is 6.17. The highest BCUT2D eigenvalue weighted by atomic mass is 16.5. The van der Waals surface area contributed by atoms with E-state index in [0.29, 0.717) is 0 Å². The van der Waals surface area contributed by atoms with Crippen LogP contribution in [0.4, 0.5) is 0 Å². The minimum Gasteiger partial charge on any atom is -0.384 e. The topological polar surface area (TPSA) is 9.23 Å². The van der Waals surface area contributed by atoms with Crippen molar-refractivity contribution in [1.29, 1.82) is 0 Å². The molecule has 0 N–H and O–H groups in total. The van der Waals surface area contributed by atoms with E-state index in [9.17, 15) is 0 Å². The number of hydrogen-bond donors (Lipinski definition) is 0. The molecule has 1 aliphatic rings. The molecule has 0 aromatic rings. The first-order chi connectivity index (χ1) is 7.29. The highest BCUT2D eigenvalue weighted by molar-refractivity contribution is 6.65. The summed E-state index contributed by atoms with van der Waals surface area (Å²) in [6.45, 7) is 6.24. The molecule has 1 rings (SSSR count). The lowest BCUT2D eigenvalue weighted by Crippen LogP contribution is -2.15. The molecule has 84 valence electrons. The van der Waals surface area contributed by atoms with E-state index < -0.39 is 0 Å². The zero-order valence-electron chi connectivity index (χ0n) is 10.4. The lowest BCUT2D eigenvalue weighted by atomic mass is 9.41. The molecule has 0 saturated carbocycles. The van der Waals surface area contributed by atoms with Crippen molar-refractivity contribution in [2.24, 2.45) is 0 Å². The second-order valence-electron chi connectivity index (χ2n) is 4.42. The Balaban J connectivity index is 2.67. The Bertz CT molecular complexity index is 243. The molecule has 0 heterocycles. The fourth-order valence-electron chi connectivity index (χ4n) is 2.36. The van der Waals surface area contributed by atoms with E-state index in [1.807, 2.05) is 0 Å². The normalized spacial score (nSPS) is 15.9. The first-order valence-electron chi connectivity index (χ1n) is 6.17. The van der Waals surface area contributed by atoms with E-state index >= 15 is 0 Å². The van der Waals surface area contributed by atoms with Crippen LogP contribution in [-0.2, 0) is 4.74 Å². The van der Waals surface area contributed by atoms with Crippen LogP contribution in [0.25, 0.3) is 0 Å². The van der Waals surface area contributed by atoms with Crippen molar-refractivity contribution >= 4 is 6.71 Å². The third-order valence-electron chi connectivity index (χ3n) is 3.20. The maximum absolute atomic E-state index is 5.16. The zero-order valence-corrected chi connectivity index (χ0v) is 10.4. The van der Waals surface area contributed by atoms with Gasteiger partial charge in [0.1, 0.15) is 0 Å². The van der Waals surface area contributed by atoms with Crippen LogP contribution in [0.3, 0.4) is 0 Å². The molecule has 0 saturated heterocycles. The molecule has 0 atom stereocenters. The molecular weight excluding hydrogens is 183 g/mol. The Morgan fingerprint density at radius 3 is 2.93 bits per heavy atom. The third-order valence-corrected chi connectivity index (χ3v) is 3.20. The summed E-state index contributed by atoms with van der Waals surface area (Å²) >= 11 is 0. The zero-order chi connectivity index (χ0) is 11.1. The Hall–Kier alpha value is -0.495. The molecule has 0 radical (unpaired) electrons. The fourth-order valence-corrected chi connectivity index (χ4v) is 2.36. The van der Waals surface area contributed by atoms with Gasteiger partial charge in [0.05, 0.1) is 6.61 Å². The van der Waals surface area contributed by atoms with Crippen molar-refractivity contribution in [2.45, 2.75) is 45.8 Å². The summed E-state index contributed by atoms with van der Waals surface area (Å²) in [5.41, 5.74) is 3.21. The maximum Gasteiger partial charge on any atom is 0.167 e. The van der Waals surface area contributed by atoms with Crippen LogP contribution >= 0.6 is 0 Å². The van der Waals surface area contributed by atoms with Gasteiger partial charge in [-0.05, 0) is 19.3 Å². The van der Waals surface area contributed by atoms with Gasteiger partial charge in [0, 0.05) is 7.11 Å². The average Bonchev–Trinajstić information content (AvgIpc) is 2.27. The molecule has 0 unspecified atom stereocenters. The standard InChI is InChI=1S/C13H23BO/c1-4-10-14(2)13-8-6-5-7-12(13)9-11-15-3/h5,7H,4,6,8-11H2,1-3H3. The Labute approximate surface area is 94.7 Å². The van der Waals surface area contributed by atoms with E-state index in [1.54, 1.807) is 12.6 Å². The summed E-state index contributed by atoms with van der Waals surface area (Å²) in [4.78, 5) is 0. The predicted octanol–water partition coefficient (Wildman–Crippen LogP) is 3.74. The van der Waals surface area contributed by atoms with Crippen molar-refractivity contribution in [3.8, 4) is 0 Å².